The van der Waals surface area contributed by atoms with Gasteiger partial charge in [0.05, 0.1) is 18.8 Å². The summed E-state index contributed by atoms with van der Waals surface area (Å²) in [5.41, 5.74) is 3.26. The molecule has 1 fully saturated rings. The fourth-order valence-corrected chi connectivity index (χ4v) is 3.97. The van der Waals surface area contributed by atoms with Crippen molar-refractivity contribution in [2.24, 2.45) is 0 Å². The molecule has 1 saturated heterocycles. The third kappa shape index (κ3) is 6.75. The van der Waals surface area contributed by atoms with Crippen LogP contribution in [0.3, 0.4) is 0 Å². The Labute approximate surface area is 201 Å². The van der Waals surface area contributed by atoms with E-state index in [0.29, 0.717) is 26.4 Å². The van der Waals surface area contributed by atoms with E-state index in [1.54, 1.807) is 0 Å². The smallest absolute Gasteiger partial charge is 0.320 e. The van der Waals surface area contributed by atoms with Gasteiger partial charge in [-0.1, -0.05) is 60.7 Å². The monoisotopic (exact) mass is 460 g/mol. The quantitative estimate of drug-likeness (QED) is 0.415. The van der Waals surface area contributed by atoms with Gasteiger partial charge >= 0.3 is 5.97 Å². The molecule has 0 radical (unpaired) electrons. The van der Waals surface area contributed by atoms with Crippen LogP contribution in [0.5, 0.6) is 11.5 Å². The first-order valence-corrected chi connectivity index (χ1v) is 11.8. The third-order valence-corrected chi connectivity index (χ3v) is 5.79. The van der Waals surface area contributed by atoms with Crippen LogP contribution in [0.2, 0.25) is 0 Å². The van der Waals surface area contributed by atoms with E-state index in [-0.39, 0.29) is 5.97 Å². The van der Waals surface area contributed by atoms with Gasteiger partial charge < -0.3 is 19.1 Å². The van der Waals surface area contributed by atoms with Crippen molar-refractivity contribution in [3.63, 3.8) is 0 Å². The van der Waals surface area contributed by atoms with Crippen molar-refractivity contribution >= 4 is 11.7 Å². The van der Waals surface area contributed by atoms with Gasteiger partial charge in [-0.3, -0.25) is 9.69 Å². The van der Waals surface area contributed by atoms with Gasteiger partial charge in [-0.2, -0.15) is 0 Å². The van der Waals surface area contributed by atoms with Gasteiger partial charge in [0.2, 0.25) is 0 Å². The number of piperazine rings is 1. The van der Waals surface area contributed by atoms with Crippen molar-refractivity contribution in [2.45, 2.75) is 20.1 Å². The Bertz CT molecular complexity index is 1030. The Morgan fingerprint density at radius 2 is 1.41 bits per heavy atom. The second kappa shape index (κ2) is 12.1. The van der Waals surface area contributed by atoms with Gasteiger partial charge in [-0.25, -0.2) is 0 Å². The molecule has 0 N–H and O–H groups in total. The van der Waals surface area contributed by atoms with E-state index < -0.39 is 0 Å². The highest BCUT2D eigenvalue weighted by Gasteiger charge is 2.22. The fraction of sp³-hybridized carbons (Fsp3) is 0.321. The number of hydrogen-bond donors (Lipinski definition) is 0. The third-order valence-electron chi connectivity index (χ3n) is 5.79. The van der Waals surface area contributed by atoms with E-state index in [1.807, 2.05) is 55.5 Å². The molecule has 0 atom stereocenters. The first-order valence-electron chi connectivity index (χ1n) is 11.8. The van der Waals surface area contributed by atoms with Crippen molar-refractivity contribution in [1.29, 1.82) is 0 Å². The summed E-state index contributed by atoms with van der Waals surface area (Å²) in [7, 11) is 0. The zero-order chi connectivity index (χ0) is 23.6. The lowest BCUT2D eigenvalue weighted by Crippen LogP contribution is -2.48. The molecule has 1 aliphatic heterocycles. The molecule has 3 aromatic rings. The summed E-state index contributed by atoms with van der Waals surface area (Å²) in [6.07, 6.45) is 0. The molecule has 1 aliphatic rings. The topological polar surface area (TPSA) is 51.2 Å². The summed E-state index contributed by atoms with van der Waals surface area (Å²) >= 11 is 0. The number of rotatable bonds is 10. The average Bonchev–Trinajstić information content (AvgIpc) is 2.88. The van der Waals surface area contributed by atoms with E-state index >= 15 is 0 Å². The predicted molar refractivity (Wildman–Crippen MR) is 133 cm³/mol. The van der Waals surface area contributed by atoms with Gasteiger partial charge in [-0.15, -0.1) is 0 Å². The predicted octanol–water partition coefficient (Wildman–Crippen LogP) is 4.53. The lowest BCUT2D eigenvalue weighted by molar-refractivity contribution is -0.144. The number of nitrogens with zero attached hydrogens (tertiary/aromatic N) is 2. The first kappa shape index (κ1) is 23.6. The molecule has 6 heteroatoms. The minimum absolute atomic E-state index is 0.167. The molecule has 0 unspecified atom stereocenters. The number of hydrogen-bond acceptors (Lipinski definition) is 6. The van der Waals surface area contributed by atoms with Gasteiger partial charge in [0, 0.05) is 32.2 Å². The Hall–Kier alpha value is -3.51. The molecular formula is C28H32N2O4. The minimum atomic E-state index is -0.167. The highest BCUT2D eigenvalue weighted by atomic mass is 16.5. The zero-order valence-corrected chi connectivity index (χ0v) is 19.7. The van der Waals surface area contributed by atoms with Crippen molar-refractivity contribution < 1.29 is 19.0 Å². The molecule has 0 bridgehead atoms. The molecule has 0 amide bonds. The molecular weight excluding hydrogens is 428 g/mol. The second-order valence-electron chi connectivity index (χ2n) is 8.25. The van der Waals surface area contributed by atoms with Gasteiger partial charge in [0.1, 0.15) is 24.7 Å². The molecule has 1 heterocycles. The second-order valence-corrected chi connectivity index (χ2v) is 8.25. The number of esters is 1. The largest absolute Gasteiger partial charge is 0.489 e. The Balaban J connectivity index is 1.45. The van der Waals surface area contributed by atoms with Crippen LogP contribution in [0.15, 0.2) is 78.9 Å². The molecule has 4 rings (SSSR count). The van der Waals surface area contributed by atoms with Crippen LogP contribution in [0.1, 0.15) is 18.1 Å². The van der Waals surface area contributed by atoms with E-state index in [9.17, 15) is 4.79 Å². The molecule has 178 valence electrons. The minimum Gasteiger partial charge on any atom is -0.489 e. The SMILES string of the molecule is CCOC(=O)CN1CCN(c2cc(OCc3ccccc3)ccc2OCc2ccccc2)CC1. The molecule has 0 aliphatic carbocycles. The maximum absolute atomic E-state index is 11.9. The highest BCUT2D eigenvalue weighted by Crippen LogP contribution is 2.34. The molecule has 3 aromatic carbocycles. The summed E-state index contributed by atoms with van der Waals surface area (Å²) in [5.74, 6) is 1.47. The standard InChI is InChI=1S/C28H32N2O4/c1-2-32-28(31)20-29-15-17-30(18-16-29)26-19-25(33-21-23-9-5-3-6-10-23)13-14-27(26)34-22-24-11-7-4-8-12-24/h3-14,19H,2,15-18,20-22H2,1H3. The highest BCUT2D eigenvalue weighted by molar-refractivity contribution is 5.71. The zero-order valence-electron chi connectivity index (χ0n) is 19.7. The van der Waals surface area contributed by atoms with Crippen LogP contribution < -0.4 is 14.4 Å². The Morgan fingerprint density at radius 1 is 0.794 bits per heavy atom. The number of benzene rings is 3. The van der Waals surface area contributed by atoms with E-state index in [1.165, 1.54) is 0 Å². The fourth-order valence-electron chi connectivity index (χ4n) is 3.97. The average molecular weight is 461 g/mol. The Kier molecular flexibility index (Phi) is 8.41. The lowest BCUT2D eigenvalue weighted by atomic mass is 10.2. The van der Waals surface area contributed by atoms with E-state index in [4.69, 9.17) is 14.2 Å². The van der Waals surface area contributed by atoms with E-state index in [2.05, 4.69) is 40.1 Å². The lowest BCUT2D eigenvalue weighted by Gasteiger charge is -2.36. The molecule has 6 nitrogen and oxygen atoms in total. The van der Waals surface area contributed by atoms with Crippen LogP contribution in [-0.4, -0.2) is 50.2 Å². The van der Waals surface area contributed by atoms with Crippen LogP contribution in [0.4, 0.5) is 5.69 Å². The van der Waals surface area contributed by atoms with Crippen LogP contribution >= 0.6 is 0 Å². The summed E-state index contributed by atoms with van der Waals surface area (Å²) in [4.78, 5) is 16.3. The van der Waals surface area contributed by atoms with E-state index in [0.717, 1.165) is 54.5 Å². The van der Waals surface area contributed by atoms with Crippen LogP contribution in [0, 0.1) is 0 Å². The first-order chi connectivity index (χ1) is 16.7. The number of carbonyl (C=O) groups is 1. The van der Waals surface area contributed by atoms with Gasteiger partial charge in [-0.05, 0) is 30.2 Å². The van der Waals surface area contributed by atoms with Crippen molar-refractivity contribution in [2.75, 3.05) is 44.2 Å². The van der Waals surface area contributed by atoms with Gasteiger partial charge in [0.25, 0.3) is 0 Å². The summed E-state index contributed by atoms with van der Waals surface area (Å²) < 4.78 is 17.4. The summed E-state index contributed by atoms with van der Waals surface area (Å²) in [5, 5.41) is 0. The van der Waals surface area contributed by atoms with Crippen molar-refractivity contribution in [3.05, 3.63) is 90.0 Å². The number of carbonyl (C=O) groups excluding carboxylic acids is 1. The number of anilines is 1. The maximum atomic E-state index is 11.9. The molecule has 34 heavy (non-hydrogen) atoms. The normalized spacial score (nSPS) is 14.0. The van der Waals surface area contributed by atoms with Crippen molar-refractivity contribution in [3.8, 4) is 11.5 Å². The van der Waals surface area contributed by atoms with Crippen molar-refractivity contribution in [1.82, 2.24) is 4.90 Å². The van der Waals surface area contributed by atoms with Crippen LogP contribution in [-0.2, 0) is 22.7 Å². The maximum Gasteiger partial charge on any atom is 0.320 e. The van der Waals surface area contributed by atoms with Crippen LogP contribution in [0.25, 0.3) is 0 Å². The summed E-state index contributed by atoms with van der Waals surface area (Å²) in [6, 6.07) is 26.3. The molecule has 0 spiro atoms. The molecule has 0 saturated carbocycles. The summed E-state index contributed by atoms with van der Waals surface area (Å²) in [6.45, 7) is 6.75. The number of ether oxygens (including phenoxy) is 3. The molecule has 0 aromatic heterocycles. The van der Waals surface area contributed by atoms with Gasteiger partial charge in [0.15, 0.2) is 0 Å². The Morgan fingerprint density at radius 3 is 2.03 bits per heavy atom.